The zero-order valence-corrected chi connectivity index (χ0v) is 22.8. The summed E-state index contributed by atoms with van der Waals surface area (Å²) >= 11 is 1.59. The first-order valence-corrected chi connectivity index (χ1v) is 13.3. The molecule has 186 valence electrons. The second-order valence-corrected chi connectivity index (χ2v) is 13.1. The second-order valence-electron chi connectivity index (χ2n) is 12.0. The van der Waals surface area contributed by atoms with Crippen LogP contribution in [0.15, 0.2) is 6.08 Å². The highest BCUT2D eigenvalue weighted by molar-refractivity contribution is 7.12. The summed E-state index contributed by atoms with van der Waals surface area (Å²) in [5.74, 6) is 0.125. The molecule has 0 fully saturated rings. The zero-order valence-electron chi connectivity index (χ0n) is 22.0. The van der Waals surface area contributed by atoms with Crippen LogP contribution in [0.1, 0.15) is 123 Å². The topological polar surface area (TPSA) is 75.5 Å². The SMILES string of the molecule is Cc1nc([C@H](O)c2c(C(C)C)nc3c(c2C2=CCOCC2)C(O)CC(C)(C)C3)sc1C(C)(C)C. The molecule has 0 aromatic carbocycles. The average Bonchev–Trinajstić information content (AvgIpc) is 3.14. The van der Waals surface area contributed by atoms with Crippen LogP contribution in [0.2, 0.25) is 0 Å². The van der Waals surface area contributed by atoms with Crippen LogP contribution < -0.4 is 0 Å². The molecule has 0 bridgehead atoms. The van der Waals surface area contributed by atoms with Crippen molar-refractivity contribution in [3.8, 4) is 0 Å². The van der Waals surface area contributed by atoms with Gasteiger partial charge < -0.3 is 14.9 Å². The Hall–Kier alpha value is -1.60. The highest BCUT2D eigenvalue weighted by atomic mass is 32.1. The number of hydrogen-bond acceptors (Lipinski definition) is 6. The van der Waals surface area contributed by atoms with Gasteiger partial charge in [-0.3, -0.25) is 4.98 Å². The van der Waals surface area contributed by atoms with Crippen LogP contribution in [0.3, 0.4) is 0 Å². The van der Waals surface area contributed by atoms with E-state index in [2.05, 4.69) is 54.5 Å². The van der Waals surface area contributed by atoms with Gasteiger partial charge in [-0.1, -0.05) is 54.5 Å². The molecule has 2 atom stereocenters. The number of fused-ring (bicyclic) bond motifs is 1. The van der Waals surface area contributed by atoms with Crippen molar-refractivity contribution >= 4 is 16.9 Å². The number of rotatable bonds is 4. The van der Waals surface area contributed by atoms with Crippen molar-refractivity contribution in [3.63, 3.8) is 0 Å². The molecule has 2 aliphatic rings. The van der Waals surface area contributed by atoms with Crippen molar-refractivity contribution in [2.75, 3.05) is 13.2 Å². The molecule has 1 unspecified atom stereocenters. The van der Waals surface area contributed by atoms with E-state index in [0.29, 0.717) is 24.6 Å². The fraction of sp³-hybridized carbons (Fsp3) is 0.643. The predicted molar refractivity (Wildman–Crippen MR) is 138 cm³/mol. The van der Waals surface area contributed by atoms with E-state index < -0.39 is 12.2 Å². The van der Waals surface area contributed by atoms with Gasteiger partial charge in [0.2, 0.25) is 0 Å². The maximum absolute atomic E-state index is 11.9. The van der Waals surface area contributed by atoms with Gasteiger partial charge in [0.15, 0.2) is 0 Å². The fourth-order valence-electron chi connectivity index (χ4n) is 5.50. The molecule has 0 radical (unpaired) electrons. The highest BCUT2D eigenvalue weighted by Crippen LogP contribution is 2.48. The number of aromatic nitrogens is 2. The van der Waals surface area contributed by atoms with Crippen LogP contribution in [0.5, 0.6) is 0 Å². The van der Waals surface area contributed by atoms with Crippen LogP contribution in [-0.2, 0) is 16.6 Å². The van der Waals surface area contributed by atoms with Gasteiger partial charge >= 0.3 is 0 Å². The Morgan fingerprint density at radius 1 is 1.21 bits per heavy atom. The van der Waals surface area contributed by atoms with E-state index in [1.807, 2.05) is 6.92 Å². The van der Waals surface area contributed by atoms with Crippen LogP contribution in [-0.4, -0.2) is 33.4 Å². The van der Waals surface area contributed by atoms with Crippen molar-refractivity contribution in [1.82, 2.24) is 9.97 Å². The summed E-state index contributed by atoms with van der Waals surface area (Å²) in [6.45, 7) is 18.4. The number of thiazole rings is 1. The summed E-state index contributed by atoms with van der Waals surface area (Å²) in [4.78, 5) is 11.2. The van der Waals surface area contributed by atoms with Gasteiger partial charge in [-0.15, -0.1) is 11.3 Å². The number of hydrogen-bond donors (Lipinski definition) is 2. The third kappa shape index (κ3) is 4.75. The second kappa shape index (κ2) is 9.12. The maximum atomic E-state index is 11.9. The first kappa shape index (κ1) is 25.5. The molecule has 4 rings (SSSR count). The van der Waals surface area contributed by atoms with Crippen LogP contribution in [0, 0.1) is 12.3 Å². The molecule has 2 aromatic rings. The quantitative estimate of drug-likeness (QED) is 0.544. The lowest BCUT2D eigenvalue weighted by atomic mass is 9.71. The Balaban J connectivity index is 2.00. The summed E-state index contributed by atoms with van der Waals surface area (Å²) in [5, 5.41) is 24.0. The molecular formula is C28H40N2O3S. The summed E-state index contributed by atoms with van der Waals surface area (Å²) in [6.07, 6.45) is 2.86. The van der Waals surface area contributed by atoms with Crippen molar-refractivity contribution in [3.05, 3.63) is 49.7 Å². The zero-order chi connectivity index (χ0) is 25.0. The molecule has 3 heterocycles. The van der Waals surface area contributed by atoms with E-state index in [4.69, 9.17) is 14.7 Å². The predicted octanol–water partition coefficient (Wildman–Crippen LogP) is 6.16. The molecule has 0 spiro atoms. The Morgan fingerprint density at radius 3 is 2.47 bits per heavy atom. The van der Waals surface area contributed by atoms with E-state index in [-0.39, 0.29) is 16.7 Å². The van der Waals surface area contributed by atoms with E-state index in [1.54, 1.807) is 11.3 Å². The number of aryl methyl sites for hydroxylation is 1. The number of nitrogens with zero attached hydrogens (tertiary/aromatic N) is 2. The first-order chi connectivity index (χ1) is 15.8. The molecule has 1 aliphatic heterocycles. The Morgan fingerprint density at radius 2 is 1.91 bits per heavy atom. The average molecular weight is 485 g/mol. The van der Waals surface area contributed by atoms with E-state index >= 15 is 0 Å². The first-order valence-electron chi connectivity index (χ1n) is 12.5. The molecule has 0 saturated heterocycles. The fourth-order valence-corrected chi connectivity index (χ4v) is 6.62. The Kier molecular flexibility index (Phi) is 6.84. The van der Waals surface area contributed by atoms with Crippen LogP contribution in [0.4, 0.5) is 0 Å². The Bertz CT molecular complexity index is 1110. The molecule has 34 heavy (non-hydrogen) atoms. The standard InChI is InChI=1S/C28H40N2O3S/c1-15(2)23-22(24(32)26-29-16(3)25(34-26)27(4,5)6)20(17-9-11-33-12-10-17)21-18(30-23)13-28(7,8)14-19(21)31/h9,15,19,24,31-32H,10-14H2,1-8H3/t19?,24-/m1/s1. The minimum absolute atomic E-state index is 0.0246. The molecule has 5 nitrogen and oxygen atoms in total. The number of pyridine rings is 1. The molecule has 0 saturated carbocycles. The molecular weight excluding hydrogens is 444 g/mol. The van der Waals surface area contributed by atoms with Crippen LogP contribution >= 0.6 is 11.3 Å². The molecule has 0 amide bonds. The molecule has 2 aromatic heterocycles. The van der Waals surface area contributed by atoms with E-state index in [9.17, 15) is 10.2 Å². The molecule has 2 N–H and O–H groups in total. The van der Waals surface area contributed by atoms with E-state index in [0.717, 1.165) is 52.2 Å². The van der Waals surface area contributed by atoms with Gasteiger partial charge in [0.1, 0.15) is 11.1 Å². The van der Waals surface area contributed by atoms with Crippen molar-refractivity contribution in [1.29, 1.82) is 0 Å². The molecule has 6 heteroatoms. The number of aliphatic hydroxyl groups is 2. The Labute approximate surface area is 208 Å². The highest BCUT2D eigenvalue weighted by Gasteiger charge is 2.39. The lowest BCUT2D eigenvalue weighted by molar-refractivity contribution is 0.0970. The minimum Gasteiger partial charge on any atom is -0.388 e. The van der Waals surface area contributed by atoms with Gasteiger partial charge in [0.05, 0.1) is 30.7 Å². The minimum atomic E-state index is -0.893. The third-order valence-electron chi connectivity index (χ3n) is 6.94. The molecule has 1 aliphatic carbocycles. The smallest absolute Gasteiger partial charge is 0.133 e. The van der Waals surface area contributed by atoms with Crippen molar-refractivity contribution in [2.45, 2.75) is 98.2 Å². The maximum Gasteiger partial charge on any atom is 0.133 e. The third-order valence-corrected chi connectivity index (χ3v) is 8.57. The van der Waals surface area contributed by atoms with Crippen molar-refractivity contribution in [2.24, 2.45) is 5.41 Å². The summed E-state index contributed by atoms with van der Waals surface area (Å²) < 4.78 is 5.62. The summed E-state index contributed by atoms with van der Waals surface area (Å²) in [5.41, 5.74) is 6.62. The van der Waals surface area contributed by atoms with Gasteiger partial charge in [0, 0.05) is 21.7 Å². The van der Waals surface area contributed by atoms with Gasteiger partial charge in [-0.2, -0.15) is 0 Å². The van der Waals surface area contributed by atoms with Gasteiger partial charge in [-0.05, 0) is 54.1 Å². The van der Waals surface area contributed by atoms with Gasteiger partial charge in [0.25, 0.3) is 0 Å². The summed E-state index contributed by atoms with van der Waals surface area (Å²) in [6, 6.07) is 0. The van der Waals surface area contributed by atoms with Crippen LogP contribution in [0.25, 0.3) is 5.57 Å². The van der Waals surface area contributed by atoms with Crippen molar-refractivity contribution < 1.29 is 14.9 Å². The van der Waals surface area contributed by atoms with E-state index in [1.165, 1.54) is 4.88 Å². The van der Waals surface area contributed by atoms with Gasteiger partial charge in [-0.25, -0.2) is 4.98 Å². The number of aliphatic hydroxyl groups excluding tert-OH is 2. The lowest BCUT2D eigenvalue weighted by Crippen LogP contribution is -2.30. The normalized spacial score (nSPS) is 21.4. The monoisotopic (exact) mass is 484 g/mol. The lowest BCUT2D eigenvalue weighted by Gasteiger charge is -2.38. The number of ether oxygens (including phenoxy) is 1. The summed E-state index contributed by atoms with van der Waals surface area (Å²) in [7, 11) is 0. The largest absolute Gasteiger partial charge is 0.388 e.